The topological polar surface area (TPSA) is 75.2 Å². The molecule has 1 saturated heterocycles. The Morgan fingerprint density at radius 1 is 1.12 bits per heavy atom. The fourth-order valence-corrected chi connectivity index (χ4v) is 4.13. The zero-order chi connectivity index (χ0) is 23.2. The van der Waals surface area contributed by atoms with Crippen molar-refractivity contribution in [1.82, 2.24) is 20.2 Å². The molecule has 2 aromatic carbocycles. The van der Waals surface area contributed by atoms with Gasteiger partial charge in [0, 0.05) is 31.7 Å². The van der Waals surface area contributed by atoms with Crippen LogP contribution in [0, 0.1) is 12.7 Å². The number of rotatable bonds is 6. The number of halogens is 1. The van der Waals surface area contributed by atoms with Crippen molar-refractivity contribution in [2.24, 2.45) is 0 Å². The maximum Gasteiger partial charge on any atom is 0.254 e. The van der Waals surface area contributed by atoms with Gasteiger partial charge in [0.15, 0.2) is 0 Å². The molecule has 170 valence electrons. The number of carbonyl (C=O) groups excluding carboxylic acids is 2. The van der Waals surface area contributed by atoms with E-state index in [-0.39, 0.29) is 30.0 Å². The number of hydrogen-bond donors (Lipinski definition) is 1. The first-order valence-electron chi connectivity index (χ1n) is 11.2. The first kappa shape index (κ1) is 22.6. The molecule has 2 amide bonds. The van der Waals surface area contributed by atoms with E-state index in [0.29, 0.717) is 42.3 Å². The Morgan fingerprint density at radius 3 is 2.67 bits per heavy atom. The lowest BCUT2D eigenvalue weighted by molar-refractivity contribution is -0.131. The minimum absolute atomic E-state index is 0.00957. The number of likely N-dealkylation sites (tertiary alicyclic amines) is 1. The van der Waals surface area contributed by atoms with E-state index in [2.05, 4.69) is 15.3 Å². The molecule has 0 radical (unpaired) electrons. The van der Waals surface area contributed by atoms with Crippen LogP contribution in [-0.2, 0) is 17.8 Å². The Bertz CT molecular complexity index is 1140. The largest absolute Gasteiger partial charge is 0.348 e. The summed E-state index contributed by atoms with van der Waals surface area (Å²) < 4.78 is 13.4. The van der Waals surface area contributed by atoms with Crippen molar-refractivity contribution >= 4 is 11.8 Å². The van der Waals surface area contributed by atoms with E-state index in [0.717, 1.165) is 18.4 Å². The molecule has 1 atom stereocenters. The van der Waals surface area contributed by atoms with Crippen molar-refractivity contribution in [2.45, 2.75) is 38.6 Å². The van der Waals surface area contributed by atoms with Crippen molar-refractivity contribution in [3.63, 3.8) is 0 Å². The summed E-state index contributed by atoms with van der Waals surface area (Å²) in [5.41, 5.74) is 2.75. The second-order valence-electron chi connectivity index (χ2n) is 8.38. The van der Waals surface area contributed by atoms with Gasteiger partial charge in [0.1, 0.15) is 11.6 Å². The van der Waals surface area contributed by atoms with Crippen LogP contribution in [0.15, 0.2) is 60.8 Å². The number of aryl methyl sites for hydroxylation is 1. The van der Waals surface area contributed by atoms with Crippen molar-refractivity contribution < 1.29 is 14.0 Å². The molecule has 1 N–H and O–H groups in total. The highest BCUT2D eigenvalue weighted by molar-refractivity contribution is 5.94. The van der Waals surface area contributed by atoms with Gasteiger partial charge in [-0.3, -0.25) is 9.59 Å². The van der Waals surface area contributed by atoms with Gasteiger partial charge in [0.05, 0.1) is 17.7 Å². The van der Waals surface area contributed by atoms with Gasteiger partial charge in [-0.15, -0.1) is 0 Å². The average molecular weight is 447 g/mol. The van der Waals surface area contributed by atoms with Crippen LogP contribution in [0.2, 0.25) is 0 Å². The molecule has 0 aliphatic carbocycles. The summed E-state index contributed by atoms with van der Waals surface area (Å²) in [6.07, 6.45) is 3.47. The Kier molecular flexibility index (Phi) is 7.07. The van der Waals surface area contributed by atoms with Crippen molar-refractivity contribution in [2.75, 3.05) is 13.1 Å². The second-order valence-corrected chi connectivity index (χ2v) is 8.38. The highest BCUT2D eigenvalue weighted by atomic mass is 19.1. The molecule has 1 fully saturated rings. The predicted octanol–water partition coefficient (Wildman–Crippen LogP) is 3.80. The van der Waals surface area contributed by atoms with Crippen LogP contribution in [0.1, 0.15) is 51.8 Å². The lowest BCUT2D eigenvalue weighted by atomic mass is 9.96. The van der Waals surface area contributed by atoms with Crippen molar-refractivity contribution in [1.29, 1.82) is 0 Å². The molecular weight excluding hydrogens is 419 g/mol. The molecule has 3 aromatic rings. The summed E-state index contributed by atoms with van der Waals surface area (Å²) in [4.78, 5) is 36.2. The maximum absolute atomic E-state index is 13.4. The smallest absolute Gasteiger partial charge is 0.254 e. The molecule has 0 unspecified atom stereocenters. The molecule has 33 heavy (non-hydrogen) atoms. The number of nitrogens with zero attached hydrogens (tertiary/aromatic N) is 3. The quantitative estimate of drug-likeness (QED) is 0.625. The van der Waals surface area contributed by atoms with E-state index in [1.54, 1.807) is 30.2 Å². The summed E-state index contributed by atoms with van der Waals surface area (Å²) in [5.74, 6) is 0.0803. The van der Waals surface area contributed by atoms with Gasteiger partial charge in [-0.2, -0.15) is 0 Å². The standard InChI is InChI=1S/C26H27FN4O2/c1-18-23(26(33)29-15-19-7-3-2-4-8-19)16-28-25(30-18)21-10-6-12-31(17-21)24(32)14-20-9-5-11-22(27)13-20/h2-5,7-9,11,13,16,21H,6,10,12,14-15,17H2,1H3,(H,29,33)/t21-/m0/s1. The summed E-state index contributed by atoms with van der Waals surface area (Å²) in [6, 6.07) is 15.9. The third kappa shape index (κ3) is 5.80. The lowest BCUT2D eigenvalue weighted by Crippen LogP contribution is -2.40. The van der Waals surface area contributed by atoms with E-state index in [1.807, 2.05) is 30.3 Å². The number of nitrogens with one attached hydrogen (secondary N) is 1. The average Bonchev–Trinajstić information content (AvgIpc) is 2.83. The fourth-order valence-electron chi connectivity index (χ4n) is 4.13. The Morgan fingerprint density at radius 2 is 1.91 bits per heavy atom. The van der Waals surface area contributed by atoms with Crippen LogP contribution in [0.3, 0.4) is 0 Å². The van der Waals surface area contributed by atoms with Crippen LogP contribution in [0.4, 0.5) is 4.39 Å². The Hall–Kier alpha value is -3.61. The third-order valence-corrected chi connectivity index (χ3v) is 5.92. The molecule has 2 heterocycles. The highest BCUT2D eigenvalue weighted by Crippen LogP contribution is 2.25. The minimum atomic E-state index is -0.339. The first-order chi connectivity index (χ1) is 16.0. The summed E-state index contributed by atoms with van der Waals surface area (Å²) >= 11 is 0. The SMILES string of the molecule is Cc1nc([C@H]2CCCN(C(=O)Cc3cccc(F)c3)C2)ncc1C(=O)NCc1ccccc1. The van der Waals surface area contributed by atoms with E-state index in [9.17, 15) is 14.0 Å². The number of amides is 2. The van der Waals surface area contributed by atoms with Crippen LogP contribution in [-0.4, -0.2) is 39.8 Å². The van der Waals surface area contributed by atoms with Gasteiger partial charge in [0.2, 0.25) is 5.91 Å². The Labute approximate surface area is 192 Å². The number of aromatic nitrogens is 2. The van der Waals surface area contributed by atoms with E-state index >= 15 is 0 Å². The van der Waals surface area contributed by atoms with E-state index < -0.39 is 0 Å². The molecule has 0 bridgehead atoms. The first-order valence-corrected chi connectivity index (χ1v) is 11.2. The second kappa shape index (κ2) is 10.3. The fraction of sp³-hybridized carbons (Fsp3) is 0.308. The van der Waals surface area contributed by atoms with Crippen LogP contribution < -0.4 is 5.32 Å². The normalized spacial score (nSPS) is 15.8. The van der Waals surface area contributed by atoms with Gasteiger partial charge in [0.25, 0.3) is 5.91 Å². The molecule has 1 aliphatic rings. The van der Waals surface area contributed by atoms with Gasteiger partial charge >= 0.3 is 0 Å². The number of piperidine rings is 1. The summed E-state index contributed by atoms with van der Waals surface area (Å²) in [7, 11) is 0. The predicted molar refractivity (Wildman–Crippen MR) is 123 cm³/mol. The molecule has 0 saturated carbocycles. The van der Waals surface area contributed by atoms with Crippen LogP contribution >= 0.6 is 0 Å². The molecule has 7 heteroatoms. The molecule has 0 spiro atoms. The molecular formula is C26H27FN4O2. The van der Waals surface area contributed by atoms with Gasteiger partial charge in [-0.25, -0.2) is 14.4 Å². The molecule has 1 aliphatic heterocycles. The maximum atomic E-state index is 13.4. The van der Waals surface area contributed by atoms with Gasteiger partial charge in [-0.05, 0) is 43.0 Å². The zero-order valence-corrected chi connectivity index (χ0v) is 18.6. The lowest BCUT2D eigenvalue weighted by Gasteiger charge is -2.32. The summed E-state index contributed by atoms with van der Waals surface area (Å²) in [6.45, 7) is 3.43. The number of carbonyl (C=O) groups is 2. The highest BCUT2D eigenvalue weighted by Gasteiger charge is 2.27. The number of hydrogen-bond acceptors (Lipinski definition) is 4. The minimum Gasteiger partial charge on any atom is -0.348 e. The number of benzene rings is 2. The Balaban J connectivity index is 1.38. The summed E-state index contributed by atoms with van der Waals surface area (Å²) in [5, 5.41) is 2.91. The van der Waals surface area contributed by atoms with Gasteiger partial charge < -0.3 is 10.2 Å². The van der Waals surface area contributed by atoms with Crippen LogP contribution in [0.25, 0.3) is 0 Å². The third-order valence-electron chi connectivity index (χ3n) is 5.92. The molecule has 4 rings (SSSR count). The molecule has 1 aromatic heterocycles. The van der Waals surface area contributed by atoms with Crippen molar-refractivity contribution in [3.05, 3.63) is 94.8 Å². The van der Waals surface area contributed by atoms with E-state index in [4.69, 9.17) is 0 Å². The zero-order valence-electron chi connectivity index (χ0n) is 18.6. The molecule has 6 nitrogen and oxygen atoms in total. The van der Waals surface area contributed by atoms with Crippen molar-refractivity contribution in [3.8, 4) is 0 Å². The monoisotopic (exact) mass is 446 g/mol. The van der Waals surface area contributed by atoms with Crippen LogP contribution in [0.5, 0.6) is 0 Å². The van der Waals surface area contributed by atoms with E-state index in [1.165, 1.54) is 12.1 Å². The van der Waals surface area contributed by atoms with Gasteiger partial charge in [-0.1, -0.05) is 42.5 Å².